The molecule has 1 amide bonds. The van der Waals surface area contributed by atoms with Gasteiger partial charge in [-0.15, -0.1) is 0 Å². The number of amides is 1. The van der Waals surface area contributed by atoms with E-state index >= 15 is 0 Å². The maximum atomic E-state index is 12.9. The summed E-state index contributed by atoms with van der Waals surface area (Å²) in [6, 6.07) is 29.2. The summed E-state index contributed by atoms with van der Waals surface area (Å²) >= 11 is 0. The van der Waals surface area contributed by atoms with Crippen LogP contribution in [0.2, 0.25) is 0 Å². The van der Waals surface area contributed by atoms with E-state index in [1.54, 1.807) is 0 Å². The number of aromatic nitrogens is 1. The van der Waals surface area contributed by atoms with E-state index in [1.165, 1.54) is 11.1 Å². The van der Waals surface area contributed by atoms with Crippen LogP contribution in [-0.4, -0.2) is 30.5 Å². The lowest BCUT2D eigenvalue weighted by Crippen LogP contribution is -2.39. The minimum atomic E-state index is 0.0633. The van der Waals surface area contributed by atoms with Crippen molar-refractivity contribution in [2.24, 2.45) is 5.92 Å². The first kappa shape index (κ1) is 21.3. The molecule has 0 radical (unpaired) electrons. The predicted octanol–water partition coefficient (Wildman–Crippen LogP) is 5.38. The molecule has 0 aliphatic carbocycles. The average Bonchev–Trinajstić information content (AvgIpc) is 3.32. The number of benzene rings is 3. The summed E-state index contributed by atoms with van der Waals surface area (Å²) < 4.78 is 5.91. The van der Waals surface area contributed by atoms with Gasteiger partial charge in [0.15, 0.2) is 5.58 Å². The summed E-state index contributed by atoms with van der Waals surface area (Å²) in [4.78, 5) is 19.7. The third-order valence-corrected chi connectivity index (χ3v) is 6.55. The molecule has 4 aromatic rings. The molecule has 1 aliphatic heterocycles. The zero-order valence-electron chi connectivity index (χ0n) is 18.7. The van der Waals surface area contributed by atoms with Crippen molar-refractivity contribution in [3.63, 3.8) is 0 Å². The van der Waals surface area contributed by atoms with Gasteiger partial charge in [-0.25, -0.2) is 0 Å². The maximum Gasteiger partial charge on any atom is 0.298 e. The molecule has 1 aromatic heterocycles. The molecule has 3 aromatic carbocycles. The standard InChI is InChI=1S/C28H29N3O2/c32-27(19-24(22-9-3-1-4-10-22)23-11-5-2-6-12-23)29-20-21-15-17-31(18-16-21)28-30-25-13-7-8-14-26(25)33-28/h1-14,21,24H,15-20H2,(H,29,32). The number of piperidine rings is 1. The lowest BCUT2D eigenvalue weighted by Gasteiger charge is -2.31. The minimum Gasteiger partial charge on any atom is -0.423 e. The molecule has 1 N–H and O–H groups in total. The van der Waals surface area contributed by atoms with Gasteiger partial charge in [-0.2, -0.15) is 4.98 Å². The van der Waals surface area contributed by atoms with Gasteiger partial charge in [0.1, 0.15) is 5.52 Å². The van der Waals surface area contributed by atoms with Gasteiger partial charge in [0.05, 0.1) is 0 Å². The van der Waals surface area contributed by atoms with Crippen LogP contribution in [-0.2, 0) is 4.79 Å². The molecule has 33 heavy (non-hydrogen) atoms. The van der Waals surface area contributed by atoms with E-state index < -0.39 is 0 Å². The smallest absolute Gasteiger partial charge is 0.298 e. The quantitative estimate of drug-likeness (QED) is 0.420. The second-order valence-corrected chi connectivity index (χ2v) is 8.78. The van der Waals surface area contributed by atoms with Crippen LogP contribution in [0.1, 0.15) is 36.3 Å². The largest absolute Gasteiger partial charge is 0.423 e. The molecule has 2 heterocycles. The second-order valence-electron chi connectivity index (χ2n) is 8.78. The van der Waals surface area contributed by atoms with Crippen molar-refractivity contribution in [2.75, 3.05) is 24.5 Å². The number of oxazole rings is 1. The highest BCUT2D eigenvalue weighted by Crippen LogP contribution is 2.28. The van der Waals surface area contributed by atoms with Gasteiger partial charge >= 0.3 is 0 Å². The summed E-state index contributed by atoms with van der Waals surface area (Å²) in [5, 5.41) is 3.20. The van der Waals surface area contributed by atoms with Crippen LogP contribution < -0.4 is 10.2 Å². The molecule has 1 saturated heterocycles. The van der Waals surface area contributed by atoms with Crippen LogP contribution in [0.5, 0.6) is 0 Å². The number of hydrogen-bond acceptors (Lipinski definition) is 4. The molecule has 1 aliphatic rings. The number of fused-ring (bicyclic) bond motifs is 1. The first-order chi connectivity index (χ1) is 16.3. The Morgan fingerprint density at radius 2 is 1.52 bits per heavy atom. The van der Waals surface area contributed by atoms with Crippen molar-refractivity contribution in [1.82, 2.24) is 10.3 Å². The van der Waals surface area contributed by atoms with Crippen LogP contribution in [0.3, 0.4) is 0 Å². The van der Waals surface area contributed by atoms with E-state index in [0.717, 1.165) is 43.6 Å². The molecule has 1 fully saturated rings. The molecular weight excluding hydrogens is 410 g/mol. The highest BCUT2D eigenvalue weighted by Gasteiger charge is 2.24. The second kappa shape index (κ2) is 9.90. The fourth-order valence-electron chi connectivity index (χ4n) is 4.64. The lowest BCUT2D eigenvalue weighted by molar-refractivity contribution is -0.121. The fourth-order valence-corrected chi connectivity index (χ4v) is 4.64. The Bertz CT molecular complexity index is 1110. The number of anilines is 1. The van der Waals surface area contributed by atoms with E-state index in [2.05, 4.69) is 39.5 Å². The third-order valence-electron chi connectivity index (χ3n) is 6.55. The molecule has 0 bridgehead atoms. The van der Waals surface area contributed by atoms with Gasteiger partial charge in [-0.3, -0.25) is 4.79 Å². The minimum absolute atomic E-state index is 0.0633. The predicted molar refractivity (Wildman–Crippen MR) is 131 cm³/mol. The first-order valence-corrected chi connectivity index (χ1v) is 11.7. The van der Waals surface area contributed by atoms with Gasteiger partial charge in [-0.05, 0) is 42.0 Å². The molecule has 0 saturated carbocycles. The SMILES string of the molecule is O=C(CC(c1ccccc1)c1ccccc1)NCC1CCN(c2nc3ccccc3o2)CC1. The lowest BCUT2D eigenvalue weighted by atomic mass is 9.88. The Hall–Kier alpha value is -3.60. The van der Waals surface area contributed by atoms with Crippen molar-refractivity contribution in [3.05, 3.63) is 96.1 Å². The number of nitrogens with one attached hydrogen (secondary N) is 1. The van der Waals surface area contributed by atoms with Gasteiger partial charge < -0.3 is 14.6 Å². The van der Waals surface area contributed by atoms with Crippen molar-refractivity contribution >= 4 is 23.0 Å². The number of nitrogens with zero attached hydrogens (tertiary/aromatic N) is 2. The normalized spacial score (nSPS) is 14.6. The van der Waals surface area contributed by atoms with Gasteiger partial charge in [0.25, 0.3) is 6.01 Å². The highest BCUT2D eigenvalue weighted by atomic mass is 16.4. The fraction of sp³-hybridized carbons (Fsp3) is 0.286. The van der Waals surface area contributed by atoms with Crippen LogP contribution in [0, 0.1) is 5.92 Å². The first-order valence-electron chi connectivity index (χ1n) is 11.7. The van der Waals surface area contributed by atoms with Crippen molar-refractivity contribution in [3.8, 4) is 0 Å². The molecule has 0 spiro atoms. The number of para-hydroxylation sites is 2. The van der Waals surface area contributed by atoms with E-state index in [-0.39, 0.29) is 11.8 Å². The van der Waals surface area contributed by atoms with Crippen molar-refractivity contribution in [2.45, 2.75) is 25.2 Å². The van der Waals surface area contributed by atoms with Gasteiger partial charge in [0, 0.05) is 32.0 Å². The Balaban J connectivity index is 1.15. The van der Waals surface area contributed by atoms with Crippen molar-refractivity contribution < 1.29 is 9.21 Å². The van der Waals surface area contributed by atoms with E-state index in [0.29, 0.717) is 18.4 Å². The van der Waals surface area contributed by atoms with E-state index in [9.17, 15) is 4.79 Å². The number of carbonyl (C=O) groups is 1. The Morgan fingerprint density at radius 1 is 0.909 bits per heavy atom. The molecular formula is C28H29N3O2. The monoisotopic (exact) mass is 439 g/mol. The van der Waals surface area contributed by atoms with Crippen molar-refractivity contribution in [1.29, 1.82) is 0 Å². The van der Waals surface area contributed by atoms with E-state index in [4.69, 9.17) is 4.42 Å². The number of rotatable bonds is 7. The Kier molecular flexibility index (Phi) is 6.38. The third kappa shape index (κ3) is 5.08. The molecule has 5 heteroatoms. The topological polar surface area (TPSA) is 58.4 Å². The van der Waals surface area contributed by atoms with Crippen LogP contribution in [0.15, 0.2) is 89.3 Å². The Labute approximate surface area is 194 Å². The molecule has 0 atom stereocenters. The van der Waals surface area contributed by atoms with Gasteiger partial charge in [0.2, 0.25) is 5.91 Å². The summed E-state index contributed by atoms with van der Waals surface area (Å²) in [5.41, 5.74) is 4.07. The Morgan fingerprint density at radius 3 is 2.15 bits per heavy atom. The molecule has 0 unspecified atom stereocenters. The number of hydrogen-bond donors (Lipinski definition) is 1. The summed E-state index contributed by atoms with van der Waals surface area (Å²) in [6.07, 6.45) is 2.48. The summed E-state index contributed by atoms with van der Waals surface area (Å²) in [6.45, 7) is 2.50. The van der Waals surface area contributed by atoms with E-state index in [1.807, 2.05) is 60.7 Å². The van der Waals surface area contributed by atoms with Crippen LogP contribution >= 0.6 is 0 Å². The molecule has 168 valence electrons. The summed E-state index contributed by atoms with van der Waals surface area (Å²) in [7, 11) is 0. The van der Waals surface area contributed by atoms with Crippen LogP contribution in [0.4, 0.5) is 6.01 Å². The van der Waals surface area contributed by atoms with Gasteiger partial charge in [-0.1, -0.05) is 72.8 Å². The highest BCUT2D eigenvalue weighted by molar-refractivity contribution is 5.77. The summed E-state index contributed by atoms with van der Waals surface area (Å²) in [5.74, 6) is 0.643. The van der Waals surface area contributed by atoms with Crippen LogP contribution in [0.25, 0.3) is 11.1 Å². The zero-order valence-corrected chi connectivity index (χ0v) is 18.7. The maximum absolute atomic E-state index is 12.9. The molecule has 5 rings (SSSR count). The average molecular weight is 440 g/mol. The number of carbonyl (C=O) groups excluding carboxylic acids is 1. The molecule has 5 nitrogen and oxygen atoms in total. The zero-order chi connectivity index (χ0) is 22.5.